The van der Waals surface area contributed by atoms with Gasteiger partial charge in [0.25, 0.3) is 0 Å². The van der Waals surface area contributed by atoms with Gasteiger partial charge in [-0.05, 0) is 0 Å². The molecule has 0 unspecified atom stereocenters. The molecule has 256 valence electrons. The maximum atomic E-state index is 13.2. The zero-order chi connectivity index (χ0) is 36.3. The quantitative estimate of drug-likeness (QED) is 0.266. The fraction of sp³-hybridized carbons (Fsp3) is 0.0909. The van der Waals surface area contributed by atoms with Gasteiger partial charge >= 0.3 is 318 Å². The minimum atomic E-state index is -1.04. The van der Waals surface area contributed by atoms with Crippen LogP contribution in [-0.2, 0) is 19.2 Å². The Kier molecular flexibility index (Phi) is 9.91. The van der Waals surface area contributed by atoms with E-state index in [2.05, 4.69) is 0 Å². The van der Waals surface area contributed by atoms with Gasteiger partial charge in [0.1, 0.15) is 0 Å². The summed E-state index contributed by atoms with van der Waals surface area (Å²) in [7, 11) is 3.45. The number of ketones is 2. The zero-order valence-electron chi connectivity index (χ0n) is 28.5. The molecule has 8 heteroatoms. The molecule has 2 aliphatic heterocycles. The molecule has 8 rings (SSSR count). The molecule has 2 heterocycles. The van der Waals surface area contributed by atoms with Crippen molar-refractivity contribution in [3.8, 4) is 0 Å². The van der Waals surface area contributed by atoms with Crippen LogP contribution in [0.5, 0.6) is 0 Å². The predicted octanol–water partition coefficient (Wildman–Crippen LogP) is 4.67. The molecule has 2 amide bonds. The van der Waals surface area contributed by atoms with Crippen LogP contribution in [-0.4, -0.2) is 88.3 Å². The predicted molar refractivity (Wildman–Crippen MR) is 208 cm³/mol. The number of hydrogen-bond donors (Lipinski definition) is 0. The van der Waals surface area contributed by atoms with E-state index in [0.29, 0.717) is 0 Å². The standard InChI is InChI=1S/2C22H17NO2Se/c2*1-23-21(25)20(26-17-12-6-3-7-13-17)19(16-10-4-2-5-11-16)22(23)15-9-8-14-18(22)24/h2*2-15H,1H3/t2*22-/m10/s1. The summed E-state index contributed by atoms with van der Waals surface area (Å²) in [4.78, 5) is 55.6. The number of nitrogens with zero attached hydrogens (tertiary/aromatic N) is 2. The second-order valence-corrected chi connectivity index (χ2v) is 16.9. The molecule has 2 atom stereocenters. The van der Waals surface area contributed by atoms with Crippen molar-refractivity contribution in [3.63, 3.8) is 0 Å². The van der Waals surface area contributed by atoms with Crippen molar-refractivity contribution in [2.75, 3.05) is 14.1 Å². The summed E-state index contributed by atoms with van der Waals surface area (Å²) < 4.78 is 3.71. The van der Waals surface area contributed by atoms with Crippen molar-refractivity contribution in [2.45, 2.75) is 11.1 Å². The first-order chi connectivity index (χ1) is 25.3. The fourth-order valence-corrected chi connectivity index (χ4v) is 11.6. The number of amides is 2. The molecule has 2 aliphatic carbocycles. The Hall–Kier alpha value is -5.36. The molecule has 4 aromatic carbocycles. The van der Waals surface area contributed by atoms with E-state index < -0.39 is 11.1 Å². The molecular formula is C44H34N2O4Se2. The molecular weight excluding hydrogens is 778 g/mol. The van der Waals surface area contributed by atoms with Crippen molar-refractivity contribution < 1.29 is 19.2 Å². The Morgan fingerprint density at radius 1 is 0.442 bits per heavy atom. The molecule has 0 saturated carbocycles. The van der Waals surface area contributed by atoms with E-state index >= 15 is 0 Å². The van der Waals surface area contributed by atoms with Crippen LogP contribution in [0.1, 0.15) is 11.1 Å². The molecule has 0 radical (unpaired) electrons. The molecule has 0 fully saturated rings. The van der Waals surface area contributed by atoms with Gasteiger partial charge in [0, 0.05) is 0 Å². The first-order valence-corrected chi connectivity index (χ1v) is 20.1. The molecule has 0 saturated heterocycles. The van der Waals surface area contributed by atoms with Gasteiger partial charge in [0.15, 0.2) is 0 Å². The summed E-state index contributed by atoms with van der Waals surface area (Å²) in [5.74, 6) is -0.288. The van der Waals surface area contributed by atoms with Gasteiger partial charge in [-0.25, -0.2) is 0 Å². The number of allylic oxidation sites excluding steroid dienone is 4. The van der Waals surface area contributed by atoms with Gasteiger partial charge in [-0.3, -0.25) is 0 Å². The molecule has 52 heavy (non-hydrogen) atoms. The summed E-state index contributed by atoms with van der Waals surface area (Å²) in [6.07, 6.45) is 14.0. The maximum absolute atomic E-state index is 13.2. The first kappa shape index (κ1) is 35.1. The van der Waals surface area contributed by atoms with E-state index in [1.807, 2.05) is 146 Å². The van der Waals surface area contributed by atoms with E-state index in [-0.39, 0.29) is 53.3 Å². The van der Waals surface area contributed by atoms with Gasteiger partial charge in [-0.1, -0.05) is 0 Å². The number of benzene rings is 4. The summed E-state index contributed by atoms with van der Waals surface area (Å²) in [5.41, 5.74) is 1.40. The van der Waals surface area contributed by atoms with Gasteiger partial charge in [0.05, 0.1) is 0 Å². The second kappa shape index (κ2) is 14.7. The summed E-state index contributed by atoms with van der Waals surface area (Å²) in [5, 5.41) is 0. The third kappa shape index (κ3) is 6.04. The van der Waals surface area contributed by atoms with E-state index in [1.165, 1.54) is 0 Å². The van der Waals surface area contributed by atoms with Gasteiger partial charge < -0.3 is 0 Å². The van der Waals surface area contributed by atoms with Crippen molar-refractivity contribution in [1.29, 1.82) is 0 Å². The monoisotopic (exact) mass is 814 g/mol. The van der Waals surface area contributed by atoms with E-state index in [1.54, 1.807) is 48.2 Å². The Morgan fingerprint density at radius 2 is 0.769 bits per heavy atom. The van der Waals surface area contributed by atoms with Crippen LogP contribution in [0.25, 0.3) is 11.1 Å². The van der Waals surface area contributed by atoms with Crippen LogP contribution in [0.4, 0.5) is 0 Å². The Labute approximate surface area is 315 Å². The van der Waals surface area contributed by atoms with Gasteiger partial charge in [-0.2, -0.15) is 0 Å². The summed E-state index contributed by atoms with van der Waals surface area (Å²) in [6.45, 7) is 0. The number of likely N-dealkylation sites (N-methyl/N-ethyl adjacent to an activating group) is 2. The molecule has 0 aromatic heterocycles. The zero-order valence-corrected chi connectivity index (χ0v) is 31.9. The van der Waals surface area contributed by atoms with Crippen LogP contribution < -0.4 is 8.92 Å². The molecule has 4 aromatic rings. The SMILES string of the molecule is CN1C(=O)C([Se]c2ccccc2)=C(c2ccccc2)[C@@]12C=CC=CC2=O.CN1C(=O)C([Se]c2ccccc2)=C(c2ccccc2)[C@]12C=CC=CC2=O. The van der Waals surface area contributed by atoms with Crippen molar-refractivity contribution >= 4 is 73.4 Å². The Bertz CT molecular complexity index is 2080. The van der Waals surface area contributed by atoms with Crippen LogP contribution in [0.15, 0.2) is 179 Å². The van der Waals surface area contributed by atoms with Crippen molar-refractivity contribution in [1.82, 2.24) is 9.80 Å². The van der Waals surface area contributed by atoms with Gasteiger partial charge in [-0.15, -0.1) is 0 Å². The summed E-state index contributed by atoms with van der Waals surface area (Å²) in [6, 6.07) is 39.5. The van der Waals surface area contributed by atoms with Crippen LogP contribution in [0.2, 0.25) is 0 Å². The second-order valence-electron chi connectivity index (χ2n) is 12.4. The molecule has 6 nitrogen and oxygen atoms in total. The topological polar surface area (TPSA) is 74.8 Å². The van der Waals surface area contributed by atoms with Crippen LogP contribution in [0.3, 0.4) is 0 Å². The molecule has 0 N–H and O–H groups in total. The molecule has 2 spiro atoms. The van der Waals surface area contributed by atoms with Crippen LogP contribution in [0, 0.1) is 0 Å². The molecule has 0 bridgehead atoms. The normalized spacial score (nSPS) is 22.0. The minimum absolute atomic E-state index is 0.0685. The van der Waals surface area contributed by atoms with E-state index in [9.17, 15) is 19.2 Å². The molecule has 4 aliphatic rings. The first-order valence-electron chi connectivity index (χ1n) is 16.7. The number of hydrogen-bond acceptors (Lipinski definition) is 4. The fourth-order valence-electron chi connectivity index (χ4n) is 6.90. The average Bonchev–Trinajstić information content (AvgIpc) is 3.51. The van der Waals surface area contributed by atoms with E-state index in [4.69, 9.17) is 0 Å². The number of carbonyl (C=O) groups is 4. The van der Waals surface area contributed by atoms with Crippen molar-refractivity contribution in [3.05, 3.63) is 190 Å². The number of carbonyl (C=O) groups excluding carboxylic acids is 4. The third-order valence-corrected chi connectivity index (χ3v) is 14.0. The summed E-state index contributed by atoms with van der Waals surface area (Å²) >= 11 is -0.368. The van der Waals surface area contributed by atoms with E-state index in [0.717, 1.165) is 40.1 Å². The third-order valence-electron chi connectivity index (χ3n) is 9.47. The Balaban J connectivity index is 0.000000162. The van der Waals surface area contributed by atoms with Crippen molar-refractivity contribution in [2.24, 2.45) is 0 Å². The average molecular weight is 813 g/mol. The van der Waals surface area contributed by atoms with Crippen LogP contribution >= 0.6 is 0 Å². The number of rotatable bonds is 6. The Morgan fingerprint density at radius 3 is 1.10 bits per heavy atom. The van der Waals surface area contributed by atoms with Gasteiger partial charge in [0.2, 0.25) is 0 Å².